The van der Waals surface area contributed by atoms with E-state index in [-0.39, 0.29) is 6.09 Å². The third-order valence-electron chi connectivity index (χ3n) is 3.58. The van der Waals surface area contributed by atoms with Crippen LogP contribution in [0.3, 0.4) is 0 Å². The lowest BCUT2D eigenvalue weighted by Gasteiger charge is -2.37. The molecule has 1 fully saturated rings. The number of hydrogen-bond acceptors (Lipinski definition) is 4. The van der Waals surface area contributed by atoms with Gasteiger partial charge in [0.15, 0.2) is 0 Å². The van der Waals surface area contributed by atoms with Gasteiger partial charge in [-0.05, 0) is 23.8 Å². The van der Waals surface area contributed by atoms with E-state index in [4.69, 9.17) is 10.00 Å². The summed E-state index contributed by atoms with van der Waals surface area (Å²) in [6.07, 6.45) is -0.267. The minimum atomic E-state index is -0.267. The zero-order chi connectivity index (χ0) is 16.1. The molecule has 1 heterocycles. The number of nitriles is 1. The van der Waals surface area contributed by atoms with Gasteiger partial charge in [0.2, 0.25) is 0 Å². The first kappa shape index (κ1) is 15.4. The van der Waals surface area contributed by atoms with Gasteiger partial charge in [-0.15, -0.1) is 11.8 Å². The van der Waals surface area contributed by atoms with Crippen LogP contribution in [0.1, 0.15) is 11.1 Å². The van der Waals surface area contributed by atoms with Crippen molar-refractivity contribution in [1.29, 1.82) is 5.26 Å². The predicted molar refractivity (Wildman–Crippen MR) is 89.0 cm³/mol. The Morgan fingerprint density at radius 1 is 1.22 bits per heavy atom. The number of carbonyl (C=O) groups excluding carboxylic acids is 1. The summed E-state index contributed by atoms with van der Waals surface area (Å²) in [5, 5.41) is 9.26. The smallest absolute Gasteiger partial charge is 0.410 e. The molecule has 1 aliphatic rings. The average Bonchev–Trinajstić information content (AvgIpc) is 2.56. The molecule has 0 atom stereocenters. The van der Waals surface area contributed by atoms with Crippen LogP contribution in [0.5, 0.6) is 0 Å². The molecule has 116 valence electrons. The maximum absolute atomic E-state index is 11.9. The van der Waals surface area contributed by atoms with Crippen LogP contribution in [0, 0.1) is 11.3 Å². The molecule has 3 rings (SSSR count). The highest BCUT2D eigenvalue weighted by molar-refractivity contribution is 8.00. The first-order chi connectivity index (χ1) is 11.2. The number of ether oxygens (including phenoxy) is 1. The summed E-state index contributed by atoms with van der Waals surface area (Å²) in [5.74, 6) is 0. The van der Waals surface area contributed by atoms with Gasteiger partial charge in [-0.2, -0.15) is 5.26 Å². The normalized spacial score (nSPS) is 14.0. The molecule has 0 N–H and O–H groups in total. The maximum Gasteiger partial charge on any atom is 0.410 e. The minimum absolute atomic E-state index is 0.267. The maximum atomic E-state index is 11.9. The number of carbonyl (C=O) groups is 1. The van der Waals surface area contributed by atoms with E-state index in [0.29, 0.717) is 30.5 Å². The molecule has 0 aliphatic carbocycles. The lowest BCUT2D eigenvalue weighted by atomic mass is 10.2. The molecule has 1 aliphatic heterocycles. The molecule has 2 aromatic rings. The highest BCUT2D eigenvalue weighted by Crippen LogP contribution is 2.30. The first-order valence-electron chi connectivity index (χ1n) is 7.37. The van der Waals surface area contributed by atoms with Crippen LogP contribution >= 0.6 is 11.8 Å². The van der Waals surface area contributed by atoms with Crippen LogP contribution in [0.25, 0.3) is 0 Å². The molecule has 23 heavy (non-hydrogen) atoms. The molecule has 5 heteroatoms. The number of rotatable bonds is 4. The molecule has 0 aromatic heterocycles. The molecule has 1 amide bonds. The molecule has 0 spiro atoms. The van der Waals surface area contributed by atoms with E-state index < -0.39 is 0 Å². The molecule has 0 unspecified atom stereocenters. The van der Waals surface area contributed by atoms with Gasteiger partial charge in [0.1, 0.15) is 6.61 Å². The number of nitrogens with zero attached hydrogens (tertiary/aromatic N) is 2. The Morgan fingerprint density at radius 3 is 2.74 bits per heavy atom. The zero-order valence-corrected chi connectivity index (χ0v) is 13.3. The van der Waals surface area contributed by atoms with Crippen LogP contribution in [0.2, 0.25) is 0 Å². The summed E-state index contributed by atoms with van der Waals surface area (Å²) >= 11 is 1.69. The van der Waals surface area contributed by atoms with Crippen molar-refractivity contribution in [3.05, 3.63) is 65.7 Å². The van der Waals surface area contributed by atoms with Crippen molar-refractivity contribution >= 4 is 17.9 Å². The third-order valence-corrected chi connectivity index (χ3v) is 4.73. The largest absolute Gasteiger partial charge is 0.445 e. The fraction of sp³-hybridized carbons (Fsp3) is 0.222. The van der Waals surface area contributed by atoms with E-state index in [1.54, 1.807) is 22.7 Å². The van der Waals surface area contributed by atoms with Crippen molar-refractivity contribution < 1.29 is 9.53 Å². The molecule has 4 nitrogen and oxygen atoms in total. The van der Waals surface area contributed by atoms with Gasteiger partial charge < -0.3 is 9.64 Å². The van der Waals surface area contributed by atoms with Gasteiger partial charge in [-0.1, -0.05) is 36.4 Å². The Balaban J connectivity index is 1.43. The van der Waals surface area contributed by atoms with E-state index in [9.17, 15) is 4.79 Å². The van der Waals surface area contributed by atoms with E-state index in [2.05, 4.69) is 6.07 Å². The van der Waals surface area contributed by atoms with Crippen LogP contribution in [-0.2, 0) is 11.3 Å². The van der Waals surface area contributed by atoms with E-state index in [0.717, 1.165) is 10.5 Å². The van der Waals surface area contributed by atoms with Crippen LogP contribution < -0.4 is 0 Å². The number of thioether (sulfide) groups is 1. The quantitative estimate of drug-likeness (QED) is 0.861. The fourth-order valence-electron chi connectivity index (χ4n) is 2.30. The Bertz CT molecular complexity index is 721. The van der Waals surface area contributed by atoms with Crippen molar-refractivity contribution in [2.75, 3.05) is 13.1 Å². The number of likely N-dealkylation sites (tertiary alicyclic amines) is 1. The van der Waals surface area contributed by atoms with Gasteiger partial charge in [-0.3, -0.25) is 0 Å². The monoisotopic (exact) mass is 324 g/mol. The van der Waals surface area contributed by atoms with E-state index in [1.165, 1.54) is 0 Å². The standard InChI is InChI=1S/C18H16N2O2S/c19-10-15-7-4-8-16(9-15)23-17-11-20(12-17)18(21)22-13-14-5-2-1-3-6-14/h1-9,17H,11-13H2. The van der Waals surface area contributed by atoms with Crippen LogP contribution in [0.15, 0.2) is 59.5 Å². The van der Waals surface area contributed by atoms with Crippen LogP contribution in [0.4, 0.5) is 4.79 Å². The number of amides is 1. The van der Waals surface area contributed by atoms with Crippen molar-refractivity contribution in [3.8, 4) is 6.07 Å². The molecule has 0 saturated carbocycles. The SMILES string of the molecule is N#Cc1cccc(SC2CN(C(=O)OCc3ccccc3)C2)c1. The van der Waals surface area contributed by atoms with E-state index >= 15 is 0 Å². The molecule has 0 radical (unpaired) electrons. The summed E-state index contributed by atoms with van der Waals surface area (Å²) in [6.45, 7) is 1.66. The highest BCUT2D eigenvalue weighted by Gasteiger charge is 2.32. The summed E-state index contributed by atoms with van der Waals surface area (Å²) in [6, 6.07) is 19.3. The Labute approximate surface area is 139 Å². The van der Waals surface area contributed by atoms with Crippen molar-refractivity contribution in [2.45, 2.75) is 16.8 Å². The second kappa shape index (κ2) is 7.21. The molecule has 1 saturated heterocycles. The van der Waals surface area contributed by atoms with Crippen molar-refractivity contribution in [3.63, 3.8) is 0 Å². The van der Waals surface area contributed by atoms with Crippen molar-refractivity contribution in [2.24, 2.45) is 0 Å². The summed E-state index contributed by atoms with van der Waals surface area (Å²) in [4.78, 5) is 14.7. The van der Waals surface area contributed by atoms with E-state index in [1.807, 2.05) is 48.5 Å². The topological polar surface area (TPSA) is 53.3 Å². The lowest BCUT2D eigenvalue weighted by molar-refractivity contribution is 0.0778. The van der Waals surface area contributed by atoms with Gasteiger partial charge in [0.25, 0.3) is 0 Å². The fourth-order valence-corrected chi connectivity index (χ4v) is 3.55. The van der Waals surface area contributed by atoms with Gasteiger partial charge in [0, 0.05) is 23.2 Å². The minimum Gasteiger partial charge on any atom is -0.445 e. The second-order valence-electron chi connectivity index (χ2n) is 5.32. The first-order valence-corrected chi connectivity index (χ1v) is 8.25. The summed E-state index contributed by atoms with van der Waals surface area (Å²) in [7, 11) is 0. The van der Waals surface area contributed by atoms with Gasteiger partial charge in [0.05, 0.1) is 11.6 Å². The molecule has 2 aromatic carbocycles. The van der Waals surface area contributed by atoms with Crippen molar-refractivity contribution in [1.82, 2.24) is 4.90 Å². The van der Waals surface area contributed by atoms with Gasteiger partial charge >= 0.3 is 6.09 Å². The van der Waals surface area contributed by atoms with Crippen LogP contribution in [-0.4, -0.2) is 29.3 Å². The highest BCUT2D eigenvalue weighted by atomic mass is 32.2. The Morgan fingerprint density at radius 2 is 2.00 bits per heavy atom. The molecule has 0 bridgehead atoms. The number of benzene rings is 2. The summed E-state index contributed by atoms with van der Waals surface area (Å²) < 4.78 is 5.30. The molecular formula is C18H16N2O2S. The third kappa shape index (κ3) is 4.05. The Hall–Kier alpha value is -2.45. The summed E-state index contributed by atoms with van der Waals surface area (Å²) in [5.41, 5.74) is 1.65. The van der Waals surface area contributed by atoms with Gasteiger partial charge in [-0.25, -0.2) is 4.79 Å². The predicted octanol–water partition coefficient (Wildman–Crippen LogP) is 3.67. The average molecular weight is 324 g/mol. The lowest BCUT2D eigenvalue weighted by Crippen LogP contribution is -2.52. The second-order valence-corrected chi connectivity index (χ2v) is 6.70. The number of hydrogen-bond donors (Lipinski definition) is 0. The Kier molecular flexibility index (Phi) is 4.84. The zero-order valence-electron chi connectivity index (χ0n) is 12.5. The molecular weight excluding hydrogens is 308 g/mol.